The van der Waals surface area contributed by atoms with Crippen molar-refractivity contribution in [3.05, 3.63) is 0 Å². The number of hydrogen-bond acceptors (Lipinski definition) is 2. The second-order valence-electron chi connectivity index (χ2n) is 2.24. The Kier molecular flexibility index (Phi) is 3.90. The van der Waals surface area contributed by atoms with Gasteiger partial charge in [-0.25, -0.2) is 0 Å². The molecule has 0 aliphatic carbocycles. The summed E-state index contributed by atoms with van der Waals surface area (Å²) in [7, 11) is 3.10. The van der Waals surface area contributed by atoms with Crippen LogP contribution >= 0.6 is 0 Å². The van der Waals surface area contributed by atoms with E-state index in [0.29, 0.717) is 0 Å². The van der Waals surface area contributed by atoms with Crippen molar-refractivity contribution in [3.8, 4) is 0 Å². The van der Waals surface area contributed by atoms with Gasteiger partial charge in [-0.2, -0.15) is 0 Å². The Morgan fingerprint density at radius 3 is 1.89 bits per heavy atom. The molecule has 53 valence electrons. The van der Waals surface area contributed by atoms with Gasteiger partial charge in [-0.05, 0) is 19.9 Å². The van der Waals surface area contributed by atoms with E-state index in [9.17, 15) is 0 Å². The van der Waals surface area contributed by atoms with Gasteiger partial charge < -0.3 is 10.3 Å². The summed E-state index contributed by atoms with van der Waals surface area (Å²) in [4.78, 5) is 0. The van der Waals surface area contributed by atoms with E-state index in [-0.39, 0.29) is 5.44 Å². The molecule has 0 aromatic heterocycles. The van der Waals surface area contributed by atoms with Crippen molar-refractivity contribution in [1.82, 2.24) is 5.32 Å². The van der Waals surface area contributed by atoms with Crippen LogP contribution < -0.4 is 5.32 Å². The average Bonchev–Trinajstić information content (AvgIpc) is 1.95. The van der Waals surface area contributed by atoms with Crippen molar-refractivity contribution in [1.29, 1.82) is 0 Å². The zero-order valence-corrected chi connectivity index (χ0v) is 6.44. The number of nitrogens with one attached hydrogen (secondary N) is 1. The highest BCUT2D eigenvalue weighted by atomic mass is 16.2. The molecule has 0 fully saturated rings. The Balaban J connectivity index is 3.82. The van der Waals surface area contributed by atoms with Crippen LogP contribution in [0.25, 0.3) is 0 Å². The van der Waals surface area contributed by atoms with Crippen LogP contribution in [-0.4, -0.2) is 25.0 Å². The van der Waals surface area contributed by atoms with Crippen LogP contribution in [0.1, 0.15) is 26.7 Å². The van der Waals surface area contributed by atoms with Gasteiger partial charge in [0.05, 0.1) is 0 Å². The van der Waals surface area contributed by atoms with Gasteiger partial charge in [0.1, 0.15) is 0 Å². The fourth-order valence-corrected chi connectivity index (χ4v) is 0.851. The van der Waals surface area contributed by atoms with Gasteiger partial charge in [-0.15, -0.1) is 0 Å². The van der Waals surface area contributed by atoms with Crippen molar-refractivity contribution in [3.63, 3.8) is 0 Å². The Hall–Kier alpha value is -0.0151. The predicted molar refractivity (Wildman–Crippen MR) is 40.3 cm³/mol. The fraction of sp³-hybridized carbons (Fsp3) is 1.00. The minimum atomic E-state index is -0.153. The second kappa shape index (κ2) is 3.91. The third-order valence-electron chi connectivity index (χ3n) is 2.01. The molecule has 0 aliphatic rings. The van der Waals surface area contributed by atoms with Crippen molar-refractivity contribution in [2.45, 2.75) is 32.1 Å². The third kappa shape index (κ3) is 1.99. The first kappa shape index (κ1) is 8.98. The van der Waals surface area contributed by atoms with Gasteiger partial charge in [0.2, 0.25) is 0 Å². The molecule has 0 atom stereocenters. The van der Waals surface area contributed by atoms with Crippen LogP contribution in [0.4, 0.5) is 0 Å². The van der Waals surface area contributed by atoms with Gasteiger partial charge in [0.25, 0.3) is 0 Å². The highest BCUT2D eigenvalue weighted by molar-refractivity contribution is 6.30. The van der Waals surface area contributed by atoms with Crippen LogP contribution in [0.3, 0.4) is 0 Å². The molecule has 2 N–H and O–H groups in total. The van der Waals surface area contributed by atoms with Crippen LogP contribution in [0, 0.1) is 0 Å². The van der Waals surface area contributed by atoms with E-state index in [0.717, 1.165) is 12.8 Å². The lowest BCUT2D eigenvalue weighted by Crippen LogP contribution is -2.47. The Bertz CT molecular complexity index is 55.9. The number of rotatable bonds is 4. The summed E-state index contributed by atoms with van der Waals surface area (Å²) < 4.78 is 0. The lowest BCUT2D eigenvalue weighted by Gasteiger charge is -2.27. The maximum absolute atomic E-state index is 8.79. The normalized spacial score (nSPS) is 11.6. The van der Waals surface area contributed by atoms with Gasteiger partial charge in [0, 0.05) is 5.44 Å². The molecule has 0 aromatic rings. The van der Waals surface area contributed by atoms with E-state index < -0.39 is 0 Å². The van der Waals surface area contributed by atoms with Crippen LogP contribution in [0.2, 0.25) is 0 Å². The molecule has 0 amide bonds. The second-order valence-corrected chi connectivity index (χ2v) is 2.24. The highest BCUT2D eigenvalue weighted by Gasteiger charge is 2.23. The maximum atomic E-state index is 8.79. The summed E-state index contributed by atoms with van der Waals surface area (Å²) in [6, 6.07) is 0. The molecule has 3 heteroatoms. The van der Waals surface area contributed by atoms with Gasteiger partial charge in [-0.3, -0.25) is 0 Å². The first-order valence-corrected chi connectivity index (χ1v) is 3.42. The third-order valence-corrected chi connectivity index (χ3v) is 2.01. The molecule has 0 heterocycles. The molecule has 0 saturated carbocycles. The SMILES string of the molecule is CCC([B]O)(CC)NC. The lowest BCUT2D eigenvalue weighted by molar-refractivity contribution is 0.409. The van der Waals surface area contributed by atoms with Crippen LogP contribution in [0.15, 0.2) is 0 Å². The summed E-state index contributed by atoms with van der Waals surface area (Å²) in [5, 5.41) is 11.8. The standard InChI is InChI=1S/C6H15BNO/c1-4-6(5-2,7-9)8-3/h8-9H,4-5H2,1-3H3. The van der Waals surface area contributed by atoms with E-state index in [1.807, 2.05) is 20.9 Å². The Morgan fingerprint density at radius 2 is 1.89 bits per heavy atom. The molecule has 2 nitrogen and oxygen atoms in total. The molecule has 0 aromatic carbocycles. The maximum Gasteiger partial charge on any atom is 0.309 e. The van der Waals surface area contributed by atoms with Crippen molar-refractivity contribution in [2.75, 3.05) is 7.05 Å². The molecule has 0 saturated heterocycles. The van der Waals surface area contributed by atoms with Gasteiger partial charge in [-0.1, -0.05) is 13.8 Å². The molecule has 1 radical (unpaired) electrons. The largest absolute Gasteiger partial charge is 0.452 e. The summed E-state index contributed by atoms with van der Waals surface area (Å²) >= 11 is 0. The summed E-state index contributed by atoms with van der Waals surface area (Å²) in [5.41, 5.74) is -0.153. The van der Waals surface area contributed by atoms with Gasteiger partial charge in [0.15, 0.2) is 0 Å². The van der Waals surface area contributed by atoms with E-state index in [2.05, 4.69) is 5.32 Å². The molecule has 0 spiro atoms. The van der Waals surface area contributed by atoms with E-state index in [1.54, 1.807) is 0 Å². The molecular formula is C6H15BNO. The molecule has 0 rings (SSSR count). The van der Waals surface area contributed by atoms with Crippen molar-refractivity contribution in [2.24, 2.45) is 0 Å². The van der Waals surface area contributed by atoms with Crippen LogP contribution in [-0.2, 0) is 0 Å². The van der Waals surface area contributed by atoms with Gasteiger partial charge >= 0.3 is 7.48 Å². The first-order chi connectivity index (χ1) is 4.24. The average molecular weight is 128 g/mol. The predicted octanol–water partition coefficient (Wildman–Crippen LogP) is 0.334. The fourth-order valence-electron chi connectivity index (χ4n) is 0.851. The smallest absolute Gasteiger partial charge is 0.309 e. The summed E-state index contributed by atoms with van der Waals surface area (Å²) in [5.74, 6) is 0. The summed E-state index contributed by atoms with van der Waals surface area (Å²) in [6.45, 7) is 4.10. The number of hydrogen-bond donors (Lipinski definition) is 2. The molecule has 9 heavy (non-hydrogen) atoms. The van der Waals surface area contributed by atoms with E-state index >= 15 is 0 Å². The quantitative estimate of drug-likeness (QED) is 0.535. The monoisotopic (exact) mass is 128 g/mol. The topological polar surface area (TPSA) is 32.3 Å². The lowest BCUT2D eigenvalue weighted by atomic mass is 9.68. The van der Waals surface area contributed by atoms with Crippen molar-refractivity contribution >= 4 is 7.48 Å². The summed E-state index contributed by atoms with van der Waals surface area (Å²) in [6.07, 6.45) is 1.85. The Labute approximate surface area is 57.9 Å². The van der Waals surface area contributed by atoms with Crippen molar-refractivity contribution < 1.29 is 5.02 Å². The zero-order chi connectivity index (χ0) is 7.33. The molecular weight excluding hydrogens is 113 g/mol. The Morgan fingerprint density at radius 1 is 1.44 bits per heavy atom. The highest BCUT2D eigenvalue weighted by Crippen LogP contribution is 2.10. The molecule has 0 bridgehead atoms. The molecule has 0 unspecified atom stereocenters. The minimum Gasteiger partial charge on any atom is -0.452 e. The first-order valence-electron chi connectivity index (χ1n) is 3.42. The zero-order valence-electron chi connectivity index (χ0n) is 6.44. The van der Waals surface area contributed by atoms with E-state index in [1.165, 1.54) is 7.48 Å². The molecule has 0 aliphatic heterocycles. The minimum absolute atomic E-state index is 0.153. The van der Waals surface area contributed by atoms with Crippen LogP contribution in [0.5, 0.6) is 0 Å². The van der Waals surface area contributed by atoms with E-state index in [4.69, 9.17) is 5.02 Å².